The maximum atomic E-state index is 13.9. The fourth-order valence-corrected chi connectivity index (χ4v) is 1.66. The van der Waals surface area contributed by atoms with Gasteiger partial charge in [0.05, 0.1) is 11.1 Å². The van der Waals surface area contributed by atoms with Gasteiger partial charge in [0.2, 0.25) is 0 Å². The summed E-state index contributed by atoms with van der Waals surface area (Å²) in [5.41, 5.74) is 4.48. The van der Waals surface area contributed by atoms with E-state index in [2.05, 4.69) is 0 Å². The van der Waals surface area contributed by atoms with Crippen LogP contribution in [0.5, 0.6) is 5.75 Å². The average Bonchev–Trinajstić information content (AvgIpc) is 3.14. The Bertz CT molecular complexity index is 506. The molecule has 19 heavy (non-hydrogen) atoms. The molecule has 0 saturated heterocycles. The highest BCUT2D eigenvalue weighted by Crippen LogP contribution is 2.38. The van der Waals surface area contributed by atoms with E-state index < -0.39 is 23.5 Å². The first-order chi connectivity index (χ1) is 8.82. The lowest BCUT2D eigenvalue weighted by Gasteiger charge is -2.21. The Morgan fingerprint density at radius 2 is 2.16 bits per heavy atom. The van der Waals surface area contributed by atoms with Gasteiger partial charge in [-0.05, 0) is 25.0 Å². The van der Waals surface area contributed by atoms with Gasteiger partial charge in [-0.25, -0.2) is 0 Å². The first-order valence-electron chi connectivity index (χ1n) is 5.65. The average molecular weight is 292 g/mol. The molecule has 4 nitrogen and oxygen atoms in total. The van der Waals surface area contributed by atoms with Gasteiger partial charge >= 0.3 is 5.97 Å². The highest BCUT2D eigenvalue weighted by atomic mass is 35.5. The van der Waals surface area contributed by atoms with Crippen molar-refractivity contribution in [3.8, 4) is 5.75 Å². The van der Waals surface area contributed by atoms with Crippen molar-refractivity contribution in [1.29, 1.82) is 0 Å². The summed E-state index contributed by atoms with van der Waals surface area (Å²) >= 11 is 5.84. The van der Waals surface area contributed by atoms with Crippen LogP contribution in [0.15, 0.2) is 18.2 Å². The minimum absolute atomic E-state index is 0.00507. The molecule has 104 valence electrons. The monoisotopic (exact) mass is 291 g/mol. The van der Waals surface area contributed by atoms with Gasteiger partial charge in [0, 0.05) is 5.56 Å². The molecule has 1 unspecified atom stereocenters. The predicted octanol–water partition coefficient (Wildman–Crippen LogP) is 2.38. The number of carboxylic acid groups (broad SMARTS) is 1. The molecule has 1 fully saturated rings. The number of carbonyl (C=O) groups is 1. The zero-order valence-corrected chi connectivity index (χ0v) is 10.5. The molecule has 0 aromatic heterocycles. The van der Waals surface area contributed by atoms with Crippen molar-refractivity contribution in [2.45, 2.75) is 30.9 Å². The summed E-state index contributed by atoms with van der Waals surface area (Å²) in [5, 5.41) is 8.80. The molecular formula is C12H12ClF2NO3. The molecule has 1 aliphatic rings. The van der Waals surface area contributed by atoms with Gasteiger partial charge in [-0.3, -0.25) is 4.79 Å². The first-order valence-corrected chi connectivity index (χ1v) is 6.03. The summed E-state index contributed by atoms with van der Waals surface area (Å²) in [6.07, 6.45) is 1.70. The largest absolute Gasteiger partial charge is 0.489 e. The number of hydrogen-bond acceptors (Lipinski definition) is 3. The van der Waals surface area contributed by atoms with E-state index in [0.717, 1.165) is 25.0 Å². The Morgan fingerprint density at radius 3 is 2.68 bits per heavy atom. The summed E-state index contributed by atoms with van der Waals surface area (Å²) in [6, 6.07) is 1.02. The standard InChI is InChI=1S/C12H12ClF2NO3/c13-8-4-1-6(5-9(8)19-7-2-3-7)12(14,15)10(16)11(17)18/h1,4-5,7,10H,2-3,16H2,(H,17,18). The van der Waals surface area contributed by atoms with Crippen LogP contribution in [0.2, 0.25) is 5.02 Å². The zero-order valence-electron chi connectivity index (χ0n) is 9.78. The normalized spacial score (nSPS) is 17.1. The fraction of sp³-hybridized carbons (Fsp3) is 0.417. The number of aliphatic carboxylic acids is 1. The van der Waals surface area contributed by atoms with Crippen LogP contribution in [0.4, 0.5) is 8.78 Å². The summed E-state index contributed by atoms with van der Waals surface area (Å²) in [7, 11) is 0. The van der Waals surface area contributed by atoms with Crippen LogP contribution in [-0.2, 0) is 10.7 Å². The molecular weight excluding hydrogens is 280 g/mol. The molecule has 0 bridgehead atoms. The highest BCUT2D eigenvalue weighted by molar-refractivity contribution is 6.32. The SMILES string of the molecule is NC(C(=O)O)C(F)(F)c1ccc(Cl)c(OC2CC2)c1. The van der Waals surface area contributed by atoms with Crippen molar-refractivity contribution < 1.29 is 23.4 Å². The van der Waals surface area contributed by atoms with Crippen molar-refractivity contribution >= 4 is 17.6 Å². The van der Waals surface area contributed by atoms with Gasteiger partial charge in [-0.1, -0.05) is 17.7 Å². The maximum Gasteiger partial charge on any atom is 0.327 e. The molecule has 1 aromatic rings. The van der Waals surface area contributed by atoms with Gasteiger partial charge in [-0.15, -0.1) is 0 Å². The number of nitrogens with two attached hydrogens (primary N) is 1. The quantitative estimate of drug-likeness (QED) is 0.873. The molecule has 1 aromatic carbocycles. The van der Waals surface area contributed by atoms with Gasteiger partial charge < -0.3 is 15.6 Å². The molecule has 0 heterocycles. The van der Waals surface area contributed by atoms with E-state index in [-0.39, 0.29) is 16.9 Å². The van der Waals surface area contributed by atoms with Crippen LogP contribution < -0.4 is 10.5 Å². The van der Waals surface area contributed by atoms with E-state index in [4.69, 9.17) is 27.2 Å². The van der Waals surface area contributed by atoms with Crippen LogP contribution in [0, 0.1) is 0 Å². The second-order valence-corrected chi connectivity index (χ2v) is 4.81. The van der Waals surface area contributed by atoms with Crippen LogP contribution >= 0.6 is 11.6 Å². The number of hydrogen-bond donors (Lipinski definition) is 2. The predicted molar refractivity (Wildman–Crippen MR) is 64.6 cm³/mol. The molecule has 0 amide bonds. The molecule has 0 aliphatic heterocycles. The third-order valence-corrected chi connectivity index (χ3v) is 3.10. The lowest BCUT2D eigenvalue weighted by Crippen LogP contribution is -2.45. The molecule has 1 atom stereocenters. The summed E-state index contributed by atoms with van der Waals surface area (Å²) in [5.74, 6) is -5.35. The van der Waals surface area contributed by atoms with E-state index in [1.807, 2.05) is 0 Å². The molecule has 3 N–H and O–H groups in total. The van der Waals surface area contributed by atoms with Gasteiger partial charge in [0.15, 0.2) is 6.04 Å². The maximum absolute atomic E-state index is 13.9. The second kappa shape index (κ2) is 4.94. The highest BCUT2D eigenvalue weighted by Gasteiger charge is 2.44. The Hall–Kier alpha value is -1.40. The number of alkyl halides is 2. The van der Waals surface area contributed by atoms with E-state index in [0.29, 0.717) is 0 Å². The van der Waals surface area contributed by atoms with Crippen LogP contribution in [0.3, 0.4) is 0 Å². The Morgan fingerprint density at radius 1 is 1.53 bits per heavy atom. The molecule has 1 aliphatic carbocycles. The second-order valence-electron chi connectivity index (χ2n) is 4.40. The number of carboxylic acids is 1. The number of halogens is 3. The third kappa shape index (κ3) is 2.96. The Kier molecular flexibility index (Phi) is 3.64. The molecule has 0 radical (unpaired) electrons. The Balaban J connectivity index is 2.30. The Labute approximate surface area is 113 Å². The summed E-state index contributed by atoms with van der Waals surface area (Å²) in [4.78, 5) is 10.6. The van der Waals surface area contributed by atoms with Crippen LogP contribution in [-0.4, -0.2) is 23.2 Å². The third-order valence-electron chi connectivity index (χ3n) is 2.79. The molecule has 7 heteroatoms. The van der Waals surface area contributed by atoms with Crippen molar-refractivity contribution in [2.75, 3.05) is 0 Å². The van der Waals surface area contributed by atoms with E-state index in [9.17, 15) is 13.6 Å². The lowest BCUT2D eigenvalue weighted by atomic mass is 10.0. The van der Waals surface area contributed by atoms with Crippen LogP contribution in [0.1, 0.15) is 18.4 Å². The number of ether oxygens (including phenoxy) is 1. The molecule has 1 saturated carbocycles. The fourth-order valence-electron chi connectivity index (χ4n) is 1.50. The van der Waals surface area contributed by atoms with Crippen molar-refractivity contribution in [3.63, 3.8) is 0 Å². The number of rotatable bonds is 5. The van der Waals surface area contributed by atoms with Crippen LogP contribution in [0.25, 0.3) is 0 Å². The summed E-state index contributed by atoms with van der Waals surface area (Å²) in [6.45, 7) is 0. The topological polar surface area (TPSA) is 72.6 Å². The lowest BCUT2D eigenvalue weighted by molar-refractivity contribution is -0.149. The first kappa shape index (κ1) is 14.0. The molecule has 0 spiro atoms. The van der Waals surface area contributed by atoms with E-state index in [1.54, 1.807) is 0 Å². The molecule has 2 rings (SSSR count). The van der Waals surface area contributed by atoms with Crippen molar-refractivity contribution in [2.24, 2.45) is 5.73 Å². The minimum Gasteiger partial charge on any atom is -0.489 e. The van der Waals surface area contributed by atoms with E-state index in [1.165, 1.54) is 6.07 Å². The van der Waals surface area contributed by atoms with Crippen molar-refractivity contribution in [3.05, 3.63) is 28.8 Å². The van der Waals surface area contributed by atoms with E-state index >= 15 is 0 Å². The van der Waals surface area contributed by atoms with Gasteiger partial charge in [0.1, 0.15) is 5.75 Å². The summed E-state index contributed by atoms with van der Waals surface area (Å²) < 4.78 is 33.1. The zero-order chi connectivity index (χ0) is 14.2. The van der Waals surface area contributed by atoms with Crippen molar-refractivity contribution in [1.82, 2.24) is 0 Å². The smallest absolute Gasteiger partial charge is 0.327 e. The van der Waals surface area contributed by atoms with Gasteiger partial charge in [0.25, 0.3) is 5.92 Å². The minimum atomic E-state index is -3.70. The van der Waals surface area contributed by atoms with Gasteiger partial charge in [-0.2, -0.15) is 8.78 Å². The number of benzene rings is 1.